The predicted molar refractivity (Wildman–Crippen MR) is 89.5 cm³/mol. The Kier molecular flexibility index (Phi) is 8.49. The van der Waals surface area contributed by atoms with Crippen LogP contribution >= 0.6 is 0 Å². The second kappa shape index (κ2) is 8.74. The number of carbonyl (C=O) groups excluding carboxylic acids is 1. The van der Waals surface area contributed by atoms with E-state index in [9.17, 15) is 4.79 Å². The van der Waals surface area contributed by atoms with Crippen LogP contribution in [0.2, 0.25) is 0 Å². The molecule has 1 amide bonds. The molecule has 21 heavy (non-hydrogen) atoms. The van der Waals surface area contributed by atoms with E-state index in [1.807, 2.05) is 27.8 Å². The normalized spacial score (nSPS) is 12.8. The number of hydrogen-bond acceptors (Lipinski definition) is 3. The Balaban J connectivity index is 3.64. The lowest BCUT2D eigenvalue weighted by Crippen LogP contribution is -2.39. The molecule has 0 fully saturated rings. The van der Waals surface area contributed by atoms with E-state index in [1.165, 1.54) is 0 Å². The molecule has 4 heteroatoms. The minimum Gasteiger partial charge on any atom is -0.381 e. The van der Waals surface area contributed by atoms with Gasteiger partial charge in [0, 0.05) is 44.3 Å². The molecule has 0 aromatic heterocycles. The van der Waals surface area contributed by atoms with Crippen LogP contribution in [0.3, 0.4) is 0 Å². The van der Waals surface area contributed by atoms with Crippen LogP contribution in [0.15, 0.2) is 0 Å². The SMILES string of the molecule is CN(CCCOCCCN(C)C(C)(C)C)C(=O)C(C)(C)C. The summed E-state index contributed by atoms with van der Waals surface area (Å²) in [7, 11) is 4.01. The lowest BCUT2D eigenvalue weighted by Gasteiger charge is -2.31. The molecule has 0 aliphatic carbocycles. The molecule has 0 unspecified atom stereocenters. The Morgan fingerprint density at radius 2 is 1.38 bits per heavy atom. The van der Waals surface area contributed by atoms with Gasteiger partial charge in [-0.3, -0.25) is 4.79 Å². The van der Waals surface area contributed by atoms with Gasteiger partial charge in [-0.2, -0.15) is 0 Å². The van der Waals surface area contributed by atoms with Crippen LogP contribution in [0.4, 0.5) is 0 Å². The molecular formula is C17H36N2O2. The summed E-state index contributed by atoms with van der Waals surface area (Å²) >= 11 is 0. The summed E-state index contributed by atoms with van der Waals surface area (Å²) in [5.74, 6) is 0.189. The van der Waals surface area contributed by atoms with Crippen LogP contribution in [-0.2, 0) is 9.53 Å². The van der Waals surface area contributed by atoms with Crippen molar-refractivity contribution in [3.63, 3.8) is 0 Å². The largest absolute Gasteiger partial charge is 0.381 e. The van der Waals surface area contributed by atoms with Crippen molar-refractivity contribution in [1.82, 2.24) is 9.80 Å². The number of nitrogens with zero attached hydrogens (tertiary/aromatic N) is 2. The number of carbonyl (C=O) groups is 1. The van der Waals surface area contributed by atoms with Crippen LogP contribution in [0.1, 0.15) is 54.4 Å². The molecule has 0 heterocycles. The highest BCUT2D eigenvalue weighted by Crippen LogP contribution is 2.16. The van der Waals surface area contributed by atoms with E-state index in [2.05, 4.69) is 32.7 Å². The molecule has 0 radical (unpaired) electrons. The van der Waals surface area contributed by atoms with Crippen LogP contribution in [0, 0.1) is 5.41 Å². The molecule has 0 aromatic rings. The molecule has 4 nitrogen and oxygen atoms in total. The molecule has 0 N–H and O–H groups in total. The number of hydrogen-bond donors (Lipinski definition) is 0. The van der Waals surface area contributed by atoms with Gasteiger partial charge < -0.3 is 14.5 Å². The molecule has 0 rings (SSSR count). The number of ether oxygens (including phenoxy) is 1. The molecule has 0 aromatic carbocycles. The average Bonchev–Trinajstić information content (AvgIpc) is 2.33. The minimum absolute atomic E-state index is 0.189. The zero-order chi connectivity index (χ0) is 16.7. The Labute approximate surface area is 131 Å². The molecule has 0 bridgehead atoms. The van der Waals surface area contributed by atoms with Crippen molar-refractivity contribution in [2.75, 3.05) is 40.4 Å². The Bertz CT molecular complexity index is 303. The molecular weight excluding hydrogens is 264 g/mol. The van der Waals surface area contributed by atoms with Crippen LogP contribution in [0.25, 0.3) is 0 Å². The number of amides is 1. The molecule has 126 valence electrons. The van der Waals surface area contributed by atoms with E-state index in [-0.39, 0.29) is 16.9 Å². The summed E-state index contributed by atoms with van der Waals surface area (Å²) in [6.45, 7) is 15.8. The first-order valence-corrected chi connectivity index (χ1v) is 8.01. The zero-order valence-electron chi connectivity index (χ0n) is 15.5. The smallest absolute Gasteiger partial charge is 0.227 e. The quantitative estimate of drug-likeness (QED) is 0.646. The number of rotatable bonds is 8. The Hall–Kier alpha value is -0.610. The van der Waals surface area contributed by atoms with E-state index in [4.69, 9.17) is 4.74 Å². The monoisotopic (exact) mass is 300 g/mol. The average molecular weight is 300 g/mol. The summed E-state index contributed by atoms with van der Waals surface area (Å²) in [4.78, 5) is 16.1. The summed E-state index contributed by atoms with van der Waals surface area (Å²) in [5.41, 5.74) is -0.0802. The predicted octanol–water partition coefficient (Wildman–Crippen LogP) is 3.02. The van der Waals surface area contributed by atoms with Gasteiger partial charge in [-0.05, 0) is 40.7 Å². The highest BCUT2D eigenvalue weighted by atomic mass is 16.5. The first-order valence-electron chi connectivity index (χ1n) is 8.01. The molecule has 0 atom stereocenters. The van der Waals surface area contributed by atoms with E-state index in [0.717, 1.165) is 39.1 Å². The lowest BCUT2D eigenvalue weighted by atomic mass is 9.95. The Morgan fingerprint density at radius 3 is 1.81 bits per heavy atom. The van der Waals surface area contributed by atoms with Crippen molar-refractivity contribution in [2.45, 2.75) is 59.9 Å². The van der Waals surface area contributed by atoms with Crippen molar-refractivity contribution in [2.24, 2.45) is 5.41 Å². The van der Waals surface area contributed by atoms with E-state index in [0.29, 0.717) is 0 Å². The first kappa shape index (κ1) is 20.4. The van der Waals surface area contributed by atoms with Crippen molar-refractivity contribution in [3.05, 3.63) is 0 Å². The third-order valence-corrected chi connectivity index (χ3v) is 3.70. The van der Waals surface area contributed by atoms with Gasteiger partial charge in [0.2, 0.25) is 5.91 Å². The lowest BCUT2D eigenvalue weighted by molar-refractivity contribution is -0.138. The first-order chi connectivity index (χ1) is 9.46. The third kappa shape index (κ3) is 9.10. The van der Waals surface area contributed by atoms with Crippen molar-refractivity contribution in [1.29, 1.82) is 0 Å². The topological polar surface area (TPSA) is 32.8 Å². The molecule has 0 aliphatic heterocycles. The third-order valence-electron chi connectivity index (χ3n) is 3.70. The fraction of sp³-hybridized carbons (Fsp3) is 0.941. The molecule has 0 saturated heterocycles. The van der Waals surface area contributed by atoms with E-state index < -0.39 is 0 Å². The minimum atomic E-state index is -0.298. The van der Waals surface area contributed by atoms with Gasteiger partial charge in [0.15, 0.2) is 0 Å². The molecule has 0 aliphatic rings. The van der Waals surface area contributed by atoms with Gasteiger partial charge in [0.1, 0.15) is 0 Å². The summed E-state index contributed by atoms with van der Waals surface area (Å²) in [5, 5.41) is 0. The standard InChI is InChI=1S/C17H36N2O2/c1-16(2,3)15(20)18(7)11-9-13-21-14-10-12-19(8)17(4,5)6/h9-14H2,1-8H3. The van der Waals surface area contributed by atoms with Crippen molar-refractivity contribution < 1.29 is 9.53 Å². The summed E-state index contributed by atoms with van der Waals surface area (Å²) in [6.07, 6.45) is 1.94. The van der Waals surface area contributed by atoms with Gasteiger partial charge in [-0.25, -0.2) is 0 Å². The molecule has 0 spiro atoms. The van der Waals surface area contributed by atoms with Gasteiger partial charge in [-0.1, -0.05) is 20.8 Å². The van der Waals surface area contributed by atoms with Crippen LogP contribution in [-0.4, -0.2) is 61.6 Å². The highest BCUT2D eigenvalue weighted by Gasteiger charge is 2.24. The van der Waals surface area contributed by atoms with E-state index >= 15 is 0 Å². The van der Waals surface area contributed by atoms with Crippen LogP contribution < -0.4 is 0 Å². The zero-order valence-corrected chi connectivity index (χ0v) is 15.5. The van der Waals surface area contributed by atoms with Crippen molar-refractivity contribution in [3.8, 4) is 0 Å². The van der Waals surface area contributed by atoms with Crippen LogP contribution in [0.5, 0.6) is 0 Å². The maximum atomic E-state index is 12.0. The second-order valence-corrected chi connectivity index (χ2v) is 7.89. The van der Waals surface area contributed by atoms with Crippen molar-refractivity contribution >= 4 is 5.91 Å². The van der Waals surface area contributed by atoms with Gasteiger partial charge in [-0.15, -0.1) is 0 Å². The van der Waals surface area contributed by atoms with Gasteiger partial charge in [0.25, 0.3) is 0 Å². The van der Waals surface area contributed by atoms with E-state index in [1.54, 1.807) is 4.90 Å². The maximum absolute atomic E-state index is 12.0. The van der Waals surface area contributed by atoms with Gasteiger partial charge in [0.05, 0.1) is 0 Å². The highest BCUT2D eigenvalue weighted by molar-refractivity contribution is 5.81. The maximum Gasteiger partial charge on any atom is 0.227 e. The fourth-order valence-electron chi connectivity index (χ4n) is 1.92. The summed E-state index contributed by atoms with van der Waals surface area (Å²) < 4.78 is 5.65. The summed E-state index contributed by atoms with van der Waals surface area (Å²) in [6, 6.07) is 0. The van der Waals surface area contributed by atoms with Gasteiger partial charge >= 0.3 is 0 Å². The fourth-order valence-corrected chi connectivity index (χ4v) is 1.92. The second-order valence-electron chi connectivity index (χ2n) is 7.89. The Morgan fingerprint density at radius 1 is 0.905 bits per heavy atom. The molecule has 0 saturated carbocycles.